The van der Waals surface area contributed by atoms with E-state index < -0.39 is 0 Å². The van der Waals surface area contributed by atoms with Crippen LogP contribution in [0.15, 0.2) is 12.4 Å². The first-order valence-electron chi connectivity index (χ1n) is 5.08. The second-order valence-corrected chi connectivity index (χ2v) is 3.79. The van der Waals surface area contributed by atoms with Gasteiger partial charge in [-0.1, -0.05) is 0 Å². The molecule has 84 valence electrons. The maximum Gasteiger partial charge on any atom is 0.243 e. The Morgan fingerprint density at radius 1 is 1.60 bits per heavy atom. The molecule has 1 heterocycles. The van der Waals surface area contributed by atoms with Crippen molar-refractivity contribution in [3.05, 3.63) is 18.2 Å². The van der Waals surface area contributed by atoms with Crippen LogP contribution >= 0.6 is 0 Å². The van der Waals surface area contributed by atoms with E-state index in [2.05, 4.69) is 10.3 Å². The van der Waals surface area contributed by atoms with Crippen LogP contribution in [0.1, 0.15) is 32.6 Å². The van der Waals surface area contributed by atoms with E-state index in [1.54, 1.807) is 17.0 Å². The number of rotatable bonds is 4. The van der Waals surface area contributed by atoms with E-state index in [0.717, 1.165) is 5.82 Å². The smallest absolute Gasteiger partial charge is 0.243 e. The van der Waals surface area contributed by atoms with Crippen molar-refractivity contribution in [3.8, 4) is 0 Å². The van der Waals surface area contributed by atoms with Gasteiger partial charge in [-0.3, -0.25) is 4.79 Å². The highest BCUT2D eigenvalue weighted by Gasteiger charge is 2.17. The number of carbonyl (C=O) groups excluding carboxylic acids is 1. The summed E-state index contributed by atoms with van der Waals surface area (Å²) in [5.41, 5.74) is 5.52. The largest absolute Gasteiger partial charge is 0.352 e. The van der Waals surface area contributed by atoms with Crippen molar-refractivity contribution in [1.29, 1.82) is 0 Å². The SMILES string of the molecule is CC(C)NC(=O)C(C)n1ccnc1CN. The summed E-state index contributed by atoms with van der Waals surface area (Å²) in [6.07, 6.45) is 3.42. The summed E-state index contributed by atoms with van der Waals surface area (Å²) >= 11 is 0. The normalized spacial score (nSPS) is 12.9. The van der Waals surface area contributed by atoms with Crippen molar-refractivity contribution in [2.45, 2.75) is 39.4 Å². The number of nitrogens with two attached hydrogens (primary N) is 1. The lowest BCUT2D eigenvalue weighted by Crippen LogP contribution is -2.36. The number of nitrogens with one attached hydrogen (secondary N) is 1. The molecule has 0 aliphatic heterocycles. The number of carbonyl (C=O) groups is 1. The summed E-state index contributed by atoms with van der Waals surface area (Å²) in [5, 5.41) is 2.85. The van der Waals surface area contributed by atoms with E-state index in [1.807, 2.05) is 20.8 Å². The zero-order valence-electron chi connectivity index (χ0n) is 9.40. The van der Waals surface area contributed by atoms with E-state index in [-0.39, 0.29) is 18.0 Å². The maximum atomic E-state index is 11.7. The predicted molar refractivity (Wildman–Crippen MR) is 58.1 cm³/mol. The van der Waals surface area contributed by atoms with E-state index >= 15 is 0 Å². The number of nitrogens with zero attached hydrogens (tertiary/aromatic N) is 2. The van der Waals surface area contributed by atoms with Gasteiger partial charge < -0.3 is 15.6 Å². The fraction of sp³-hybridized carbons (Fsp3) is 0.600. The number of imidazole rings is 1. The topological polar surface area (TPSA) is 72.9 Å². The maximum absolute atomic E-state index is 11.7. The first kappa shape index (κ1) is 11.7. The van der Waals surface area contributed by atoms with Crippen LogP contribution in [0.3, 0.4) is 0 Å². The van der Waals surface area contributed by atoms with Gasteiger partial charge in [-0.2, -0.15) is 0 Å². The molecular formula is C10H18N4O. The molecule has 5 nitrogen and oxygen atoms in total. The molecule has 5 heteroatoms. The van der Waals surface area contributed by atoms with E-state index in [4.69, 9.17) is 5.73 Å². The van der Waals surface area contributed by atoms with Crippen molar-refractivity contribution in [2.75, 3.05) is 0 Å². The molecule has 1 unspecified atom stereocenters. The minimum Gasteiger partial charge on any atom is -0.352 e. The molecule has 0 radical (unpaired) electrons. The van der Waals surface area contributed by atoms with Crippen LogP contribution in [0.5, 0.6) is 0 Å². The fourth-order valence-electron chi connectivity index (χ4n) is 1.39. The fourth-order valence-corrected chi connectivity index (χ4v) is 1.39. The molecule has 0 aromatic carbocycles. The summed E-state index contributed by atoms with van der Waals surface area (Å²) in [6.45, 7) is 6.04. The van der Waals surface area contributed by atoms with Gasteiger partial charge in [0, 0.05) is 18.4 Å². The van der Waals surface area contributed by atoms with Crippen molar-refractivity contribution in [3.63, 3.8) is 0 Å². The van der Waals surface area contributed by atoms with Gasteiger partial charge in [0.25, 0.3) is 0 Å². The summed E-state index contributed by atoms with van der Waals surface area (Å²) in [4.78, 5) is 15.8. The van der Waals surface area contributed by atoms with Gasteiger partial charge in [0.1, 0.15) is 11.9 Å². The van der Waals surface area contributed by atoms with Crippen LogP contribution in [0.4, 0.5) is 0 Å². The van der Waals surface area contributed by atoms with E-state index in [1.165, 1.54) is 0 Å². The van der Waals surface area contributed by atoms with Gasteiger partial charge in [-0.25, -0.2) is 4.98 Å². The Labute approximate surface area is 89.7 Å². The highest BCUT2D eigenvalue weighted by Crippen LogP contribution is 2.09. The number of hydrogen-bond acceptors (Lipinski definition) is 3. The molecular weight excluding hydrogens is 192 g/mol. The molecule has 3 N–H and O–H groups in total. The molecule has 0 spiro atoms. The average Bonchev–Trinajstić information content (AvgIpc) is 2.62. The number of amides is 1. The second-order valence-electron chi connectivity index (χ2n) is 3.79. The zero-order chi connectivity index (χ0) is 11.4. The van der Waals surface area contributed by atoms with E-state index in [9.17, 15) is 4.79 Å². The summed E-state index contributed by atoms with van der Waals surface area (Å²) in [5.74, 6) is 0.708. The summed E-state index contributed by atoms with van der Waals surface area (Å²) in [7, 11) is 0. The first-order chi connectivity index (χ1) is 7.06. The van der Waals surface area contributed by atoms with Crippen molar-refractivity contribution >= 4 is 5.91 Å². The molecule has 1 aromatic rings. The van der Waals surface area contributed by atoms with Crippen molar-refractivity contribution in [1.82, 2.24) is 14.9 Å². The monoisotopic (exact) mass is 210 g/mol. The Morgan fingerprint density at radius 2 is 2.27 bits per heavy atom. The number of aromatic nitrogens is 2. The van der Waals surface area contributed by atoms with Crippen LogP contribution < -0.4 is 11.1 Å². The molecule has 0 saturated carbocycles. The molecule has 1 rings (SSSR count). The molecule has 0 bridgehead atoms. The zero-order valence-corrected chi connectivity index (χ0v) is 9.40. The van der Waals surface area contributed by atoms with Gasteiger partial charge in [0.2, 0.25) is 5.91 Å². The average molecular weight is 210 g/mol. The van der Waals surface area contributed by atoms with Crippen molar-refractivity contribution < 1.29 is 4.79 Å². The number of hydrogen-bond donors (Lipinski definition) is 2. The van der Waals surface area contributed by atoms with Crippen LogP contribution in [0.25, 0.3) is 0 Å². The third kappa shape index (κ3) is 2.79. The standard InChI is InChI=1S/C10H18N4O/c1-7(2)13-10(15)8(3)14-5-4-12-9(14)6-11/h4-5,7-8H,6,11H2,1-3H3,(H,13,15). The summed E-state index contributed by atoms with van der Waals surface area (Å²) < 4.78 is 1.79. The minimum atomic E-state index is -0.270. The quantitative estimate of drug-likeness (QED) is 0.756. The lowest BCUT2D eigenvalue weighted by atomic mass is 10.2. The van der Waals surface area contributed by atoms with E-state index in [0.29, 0.717) is 6.54 Å². The van der Waals surface area contributed by atoms with Crippen LogP contribution in [-0.2, 0) is 11.3 Å². The predicted octanol–water partition coefficient (Wildman–Crippen LogP) is 0.427. The third-order valence-electron chi connectivity index (χ3n) is 2.16. The highest BCUT2D eigenvalue weighted by molar-refractivity contribution is 5.80. The van der Waals surface area contributed by atoms with Crippen LogP contribution in [0, 0.1) is 0 Å². The lowest BCUT2D eigenvalue weighted by molar-refractivity contribution is -0.124. The Kier molecular flexibility index (Phi) is 3.85. The van der Waals surface area contributed by atoms with Gasteiger partial charge in [0.15, 0.2) is 0 Å². The molecule has 0 aliphatic carbocycles. The molecule has 1 atom stereocenters. The third-order valence-corrected chi connectivity index (χ3v) is 2.16. The van der Waals surface area contributed by atoms with Gasteiger partial charge in [0.05, 0.1) is 6.54 Å². The molecule has 0 fully saturated rings. The van der Waals surface area contributed by atoms with Crippen LogP contribution in [0.2, 0.25) is 0 Å². The molecule has 1 amide bonds. The summed E-state index contributed by atoms with van der Waals surface area (Å²) in [6, 6.07) is -0.127. The van der Waals surface area contributed by atoms with Crippen molar-refractivity contribution in [2.24, 2.45) is 5.73 Å². The van der Waals surface area contributed by atoms with Gasteiger partial charge in [-0.15, -0.1) is 0 Å². The Balaban J connectivity index is 2.75. The van der Waals surface area contributed by atoms with Crippen LogP contribution in [-0.4, -0.2) is 21.5 Å². The first-order valence-corrected chi connectivity index (χ1v) is 5.08. The lowest BCUT2D eigenvalue weighted by Gasteiger charge is -2.17. The Bertz CT molecular complexity index is 332. The highest BCUT2D eigenvalue weighted by atomic mass is 16.2. The van der Waals surface area contributed by atoms with Gasteiger partial charge in [-0.05, 0) is 20.8 Å². The molecule has 0 aliphatic rings. The Morgan fingerprint density at radius 3 is 2.80 bits per heavy atom. The second kappa shape index (κ2) is 4.93. The Hall–Kier alpha value is -1.36. The molecule has 15 heavy (non-hydrogen) atoms. The van der Waals surface area contributed by atoms with Gasteiger partial charge >= 0.3 is 0 Å². The molecule has 1 aromatic heterocycles. The minimum absolute atomic E-state index is 0.0160. The molecule has 0 saturated heterocycles.